The quantitative estimate of drug-likeness (QED) is 0.544. The van der Waals surface area contributed by atoms with E-state index in [0.29, 0.717) is 17.9 Å². The van der Waals surface area contributed by atoms with Crippen molar-refractivity contribution in [2.24, 2.45) is 0 Å². The zero-order valence-corrected chi connectivity index (χ0v) is 11.5. The van der Waals surface area contributed by atoms with Crippen molar-refractivity contribution in [2.45, 2.75) is 12.8 Å². The lowest BCUT2D eigenvalue weighted by Gasteiger charge is -1.97. The molecule has 0 aromatic carbocycles. The predicted molar refractivity (Wildman–Crippen MR) is 75.2 cm³/mol. The molecule has 0 bridgehead atoms. The molecule has 0 unspecified atom stereocenters. The van der Waals surface area contributed by atoms with Gasteiger partial charge in [-0.2, -0.15) is 5.10 Å². The number of aromatic nitrogens is 4. The molecule has 0 amide bonds. The predicted octanol–water partition coefficient (Wildman–Crippen LogP) is 1.38. The molecular formula is C15H12N4O3. The third-order valence-corrected chi connectivity index (χ3v) is 3.02. The molecule has 7 heteroatoms. The Labute approximate surface area is 125 Å². The zero-order chi connectivity index (χ0) is 15.4. The molecule has 7 nitrogen and oxygen atoms in total. The molecule has 3 rings (SSSR count). The number of aromatic amines is 1. The second-order valence-electron chi connectivity index (χ2n) is 4.63. The van der Waals surface area contributed by atoms with Gasteiger partial charge in [0.25, 0.3) is 5.78 Å². The number of pyridine rings is 1. The molecular weight excluding hydrogens is 284 g/mol. The van der Waals surface area contributed by atoms with Crippen LogP contribution in [0.4, 0.5) is 0 Å². The molecule has 3 heterocycles. The van der Waals surface area contributed by atoms with Crippen LogP contribution < -0.4 is 0 Å². The lowest BCUT2D eigenvalue weighted by atomic mass is 10.1. The third kappa shape index (κ3) is 3.14. The first-order valence-corrected chi connectivity index (χ1v) is 6.63. The summed E-state index contributed by atoms with van der Waals surface area (Å²) in [6, 6.07) is 9.08. The maximum Gasteiger partial charge on any atom is 0.265 e. The first-order valence-electron chi connectivity index (χ1n) is 6.63. The van der Waals surface area contributed by atoms with Crippen LogP contribution in [0.3, 0.4) is 0 Å². The summed E-state index contributed by atoms with van der Waals surface area (Å²) in [7, 11) is 0. The summed E-state index contributed by atoms with van der Waals surface area (Å²) in [6.45, 7) is 0. The summed E-state index contributed by atoms with van der Waals surface area (Å²) in [4.78, 5) is 31.5. The van der Waals surface area contributed by atoms with E-state index in [4.69, 9.17) is 4.42 Å². The van der Waals surface area contributed by atoms with E-state index in [1.807, 2.05) is 18.2 Å². The van der Waals surface area contributed by atoms with Crippen LogP contribution in [0.2, 0.25) is 0 Å². The fourth-order valence-corrected chi connectivity index (χ4v) is 1.98. The summed E-state index contributed by atoms with van der Waals surface area (Å²) >= 11 is 0. The molecule has 0 aliphatic rings. The highest BCUT2D eigenvalue weighted by atomic mass is 16.3. The summed E-state index contributed by atoms with van der Waals surface area (Å²) in [5.74, 6) is -0.252. The van der Waals surface area contributed by atoms with Crippen molar-refractivity contribution in [3.05, 3.63) is 65.9 Å². The monoisotopic (exact) mass is 296 g/mol. The third-order valence-electron chi connectivity index (χ3n) is 3.02. The van der Waals surface area contributed by atoms with E-state index in [9.17, 15) is 9.59 Å². The van der Waals surface area contributed by atoms with Crippen molar-refractivity contribution >= 4 is 11.6 Å². The van der Waals surface area contributed by atoms with Crippen LogP contribution in [-0.4, -0.2) is 31.7 Å². The number of H-pyrrole nitrogens is 1. The number of nitrogens with zero attached hydrogens (tertiary/aromatic N) is 3. The van der Waals surface area contributed by atoms with Gasteiger partial charge in [0.2, 0.25) is 5.78 Å². The number of carbonyl (C=O) groups excluding carboxylic acids is 2. The Morgan fingerprint density at radius 2 is 1.95 bits per heavy atom. The first kappa shape index (κ1) is 13.9. The van der Waals surface area contributed by atoms with Gasteiger partial charge in [-0.25, -0.2) is 4.98 Å². The Morgan fingerprint density at radius 3 is 2.68 bits per heavy atom. The van der Waals surface area contributed by atoms with Gasteiger partial charge in [0.1, 0.15) is 17.8 Å². The Hall–Kier alpha value is -3.09. The molecule has 0 saturated carbocycles. The molecule has 0 radical (unpaired) electrons. The minimum Gasteiger partial charge on any atom is -0.465 e. The van der Waals surface area contributed by atoms with Crippen LogP contribution in [-0.2, 0) is 17.6 Å². The van der Waals surface area contributed by atoms with Gasteiger partial charge in [0, 0.05) is 18.3 Å². The Kier molecular flexibility index (Phi) is 3.86. The smallest absolute Gasteiger partial charge is 0.265 e. The van der Waals surface area contributed by atoms with Crippen molar-refractivity contribution in [3.8, 4) is 0 Å². The molecule has 0 atom stereocenters. The van der Waals surface area contributed by atoms with Crippen molar-refractivity contribution in [3.63, 3.8) is 0 Å². The Balaban J connectivity index is 1.64. The van der Waals surface area contributed by atoms with Gasteiger partial charge in [-0.15, -0.1) is 0 Å². The van der Waals surface area contributed by atoms with Crippen LogP contribution in [0.15, 0.2) is 47.3 Å². The SMILES string of the molecule is O=C(Cc1ccc(Cc2ccccn2)o1)C(=O)c1ncn[nH]1. The van der Waals surface area contributed by atoms with E-state index in [-0.39, 0.29) is 12.2 Å². The number of Topliss-reactive ketones (excluding diaryl/α,β-unsaturated/α-hetero) is 2. The highest BCUT2D eigenvalue weighted by Crippen LogP contribution is 2.13. The number of rotatable bonds is 6. The second-order valence-corrected chi connectivity index (χ2v) is 4.63. The lowest BCUT2D eigenvalue weighted by Crippen LogP contribution is -2.17. The number of hydrogen-bond acceptors (Lipinski definition) is 6. The number of nitrogens with one attached hydrogen (secondary N) is 1. The largest absolute Gasteiger partial charge is 0.465 e. The van der Waals surface area contributed by atoms with Crippen LogP contribution in [0.1, 0.15) is 27.8 Å². The second kappa shape index (κ2) is 6.13. The fraction of sp³-hybridized carbons (Fsp3) is 0.133. The van der Waals surface area contributed by atoms with Gasteiger partial charge in [-0.1, -0.05) is 6.07 Å². The van der Waals surface area contributed by atoms with Crippen molar-refractivity contribution < 1.29 is 14.0 Å². The molecule has 0 aliphatic heterocycles. The van der Waals surface area contributed by atoms with E-state index in [0.717, 1.165) is 5.69 Å². The van der Waals surface area contributed by atoms with E-state index >= 15 is 0 Å². The number of hydrogen-bond donors (Lipinski definition) is 1. The summed E-state index contributed by atoms with van der Waals surface area (Å²) < 4.78 is 5.57. The molecule has 0 spiro atoms. The highest BCUT2D eigenvalue weighted by molar-refractivity contribution is 6.42. The van der Waals surface area contributed by atoms with Crippen LogP contribution in [0.5, 0.6) is 0 Å². The number of furan rings is 1. The average Bonchev–Trinajstić information content (AvgIpc) is 3.19. The van der Waals surface area contributed by atoms with Crippen molar-refractivity contribution in [1.82, 2.24) is 20.2 Å². The van der Waals surface area contributed by atoms with Crippen molar-refractivity contribution in [1.29, 1.82) is 0 Å². The molecule has 0 fully saturated rings. The van der Waals surface area contributed by atoms with E-state index in [2.05, 4.69) is 20.2 Å². The molecule has 0 aliphatic carbocycles. The highest BCUT2D eigenvalue weighted by Gasteiger charge is 2.20. The van der Waals surface area contributed by atoms with E-state index in [1.54, 1.807) is 18.3 Å². The van der Waals surface area contributed by atoms with Gasteiger partial charge in [-0.05, 0) is 24.3 Å². The Bertz CT molecular complexity index is 778. The first-order chi connectivity index (χ1) is 10.7. The normalized spacial score (nSPS) is 10.5. The topological polar surface area (TPSA) is 102 Å². The minimum atomic E-state index is -0.708. The fourth-order valence-electron chi connectivity index (χ4n) is 1.98. The molecule has 22 heavy (non-hydrogen) atoms. The molecule has 3 aromatic rings. The van der Waals surface area contributed by atoms with Gasteiger partial charge in [0.05, 0.1) is 6.42 Å². The molecule has 1 N–H and O–H groups in total. The van der Waals surface area contributed by atoms with Crippen LogP contribution >= 0.6 is 0 Å². The zero-order valence-electron chi connectivity index (χ0n) is 11.5. The summed E-state index contributed by atoms with van der Waals surface area (Å²) in [6.07, 6.45) is 3.31. The van der Waals surface area contributed by atoms with Gasteiger partial charge in [0.15, 0.2) is 5.82 Å². The summed E-state index contributed by atoms with van der Waals surface area (Å²) in [5.41, 5.74) is 0.868. The molecule has 0 saturated heterocycles. The van der Waals surface area contributed by atoms with Crippen LogP contribution in [0, 0.1) is 0 Å². The van der Waals surface area contributed by atoms with Crippen LogP contribution in [0.25, 0.3) is 0 Å². The molecule has 3 aromatic heterocycles. The van der Waals surface area contributed by atoms with Gasteiger partial charge < -0.3 is 4.42 Å². The van der Waals surface area contributed by atoms with E-state index in [1.165, 1.54) is 6.33 Å². The van der Waals surface area contributed by atoms with Gasteiger partial charge >= 0.3 is 0 Å². The maximum atomic E-state index is 11.9. The average molecular weight is 296 g/mol. The number of ketones is 2. The van der Waals surface area contributed by atoms with Gasteiger partial charge in [-0.3, -0.25) is 19.7 Å². The standard InChI is InChI=1S/C15H12N4O3/c20-13(14(21)15-17-9-18-19-15)8-12-5-4-11(22-12)7-10-3-1-2-6-16-10/h1-6,9H,7-8H2,(H,17,18,19). The van der Waals surface area contributed by atoms with E-state index < -0.39 is 11.6 Å². The minimum absolute atomic E-state index is 0.0646. The Morgan fingerprint density at radius 1 is 1.09 bits per heavy atom. The number of carbonyl (C=O) groups is 2. The summed E-state index contributed by atoms with van der Waals surface area (Å²) in [5, 5.41) is 5.92. The maximum absolute atomic E-state index is 11.9. The molecule has 110 valence electrons. The lowest BCUT2D eigenvalue weighted by molar-refractivity contribution is -0.114. The van der Waals surface area contributed by atoms with Crippen molar-refractivity contribution in [2.75, 3.05) is 0 Å².